The molecule has 2 aromatic heterocycles. The zero-order valence-corrected chi connectivity index (χ0v) is 46.2. The standard InChI is InChI=1S/C63H49F3N8O8/c1-28-16-39(17-29(2)36(28)9)67-68-40-18-30(3)51(31(4)19-40)72-56(77)43-14-12-37(24-45(43)58(72)79)62(10,63(64,65)66)38-13-15-44-46(25-38)59(80)73(57(44)78)52-32(5)20-41(21-33(52)6)69-70-42-22-34(7)53(35(8)23-42)74-60(81)49-26-47-48(27-50(49)61(74)82)55(76)71(11)54(47)75/h12-27H,1-11H3/b68-67+,70-69+. The predicted molar refractivity (Wildman–Crippen MR) is 305 cm³/mol. The van der Waals surface area contributed by atoms with Gasteiger partial charge in [0, 0.05) is 7.05 Å². The average Bonchev–Trinajstić information content (AvgIpc) is 3.94. The van der Waals surface area contributed by atoms with Gasteiger partial charge in [0.2, 0.25) is 0 Å². The van der Waals surface area contributed by atoms with Gasteiger partial charge >= 0.3 is 6.18 Å². The number of fused-ring (bicyclic) bond motifs is 4. The summed E-state index contributed by atoms with van der Waals surface area (Å²) in [5.74, 6) is -3.15. The van der Waals surface area contributed by atoms with Crippen molar-refractivity contribution in [3.05, 3.63) is 222 Å². The largest absolute Gasteiger partial charge is 0.402 e. The number of halogens is 3. The molecule has 0 radical (unpaired) electrons. The molecule has 410 valence electrons. The Kier molecular flexibility index (Phi) is 12.4. The topological polar surface area (TPSA) is 202 Å². The van der Waals surface area contributed by atoms with Crippen LogP contribution in [0.4, 0.5) is 47.3 Å². The normalized spacial score (nSPS) is 14.5. The molecule has 4 heterocycles. The molecule has 1 atom stereocenters. The van der Waals surface area contributed by atoms with E-state index in [0.29, 0.717) is 61.8 Å². The second kappa shape index (κ2) is 18.9. The summed E-state index contributed by atoms with van der Waals surface area (Å²) >= 11 is 0. The molecule has 0 fully saturated rings. The Hall–Kier alpha value is -9.91. The van der Waals surface area contributed by atoms with E-state index in [1.54, 1.807) is 77.9 Å². The van der Waals surface area contributed by atoms with Crippen molar-refractivity contribution in [1.29, 1.82) is 0 Å². The van der Waals surface area contributed by atoms with Crippen LogP contribution in [-0.2, 0) is 12.5 Å². The fraction of sp³-hybridized carbons (Fsp3) is 0.206. The van der Waals surface area contributed by atoms with Crippen LogP contribution < -0.4 is 32.0 Å². The third kappa shape index (κ3) is 8.11. The Morgan fingerprint density at radius 3 is 0.988 bits per heavy atom. The SMILES string of the molecule is Cc1cc(/N=N/c2cc(C)c(N3C(=O)c4ccc(C(C)(c5ccc6c(c5)C(=O)N(c5c(C)cc(/N=N/c7cc(C)c(-n8c(=O)c9cc%10c(=O)n(C)c(=O)c%10cc9c8=O)c(C)c7)cc5C)C6=O)C(F)(F)F)cc4C3=O)c(C)c2)cc(C)c1C. The van der Waals surface area contributed by atoms with Crippen molar-refractivity contribution >= 4 is 79.3 Å². The van der Waals surface area contributed by atoms with E-state index in [-0.39, 0.29) is 66.3 Å². The average molecular weight is 1100 g/mol. The van der Waals surface area contributed by atoms with Crippen LogP contribution in [0.2, 0.25) is 0 Å². The Morgan fingerprint density at radius 1 is 0.366 bits per heavy atom. The van der Waals surface area contributed by atoms with E-state index in [2.05, 4.69) is 20.5 Å². The number of imide groups is 2. The van der Waals surface area contributed by atoms with Crippen LogP contribution in [0, 0.1) is 62.3 Å². The van der Waals surface area contributed by atoms with Gasteiger partial charge in [-0.15, -0.1) is 0 Å². The lowest BCUT2D eigenvalue weighted by atomic mass is 9.74. The molecule has 9 aromatic rings. The number of rotatable bonds is 9. The first kappa shape index (κ1) is 54.1. The minimum atomic E-state index is -5.03. The third-order valence-electron chi connectivity index (χ3n) is 16.2. The van der Waals surface area contributed by atoms with Gasteiger partial charge in [0.15, 0.2) is 0 Å². The Morgan fingerprint density at radius 2 is 0.659 bits per heavy atom. The summed E-state index contributed by atoms with van der Waals surface area (Å²) in [5.41, 5.74) is 1.86. The van der Waals surface area contributed by atoms with E-state index in [1.807, 2.05) is 32.9 Å². The lowest BCUT2D eigenvalue weighted by Crippen LogP contribution is -2.41. The quantitative estimate of drug-likeness (QED) is 0.100. The summed E-state index contributed by atoms with van der Waals surface area (Å²) in [4.78, 5) is 111. The highest BCUT2D eigenvalue weighted by molar-refractivity contribution is 6.36. The van der Waals surface area contributed by atoms with Crippen molar-refractivity contribution in [2.45, 2.75) is 80.8 Å². The molecule has 1 unspecified atom stereocenters. The molecule has 0 saturated heterocycles. The molecule has 82 heavy (non-hydrogen) atoms. The summed E-state index contributed by atoms with van der Waals surface area (Å²) in [6.07, 6.45) is -5.03. The number of azo groups is 2. The van der Waals surface area contributed by atoms with Gasteiger partial charge in [-0.3, -0.25) is 42.9 Å². The molecule has 0 aliphatic carbocycles. The minimum absolute atomic E-state index is 0.0000818. The summed E-state index contributed by atoms with van der Waals surface area (Å²) in [6.45, 7) is 17.0. The van der Waals surface area contributed by atoms with Crippen molar-refractivity contribution in [3.8, 4) is 5.69 Å². The molecular formula is C63H49F3N8O8. The van der Waals surface area contributed by atoms with E-state index in [0.717, 1.165) is 66.8 Å². The fourth-order valence-electron chi connectivity index (χ4n) is 11.6. The maximum Gasteiger partial charge on any atom is 0.402 e. The molecule has 2 aliphatic heterocycles. The van der Waals surface area contributed by atoms with Gasteiger partial charge < -0.3 is 0 Å². The second-order valence-corrected chi connectivity index (χ2v) is 21.5. The van der Waals surface area contributed by atoms with Crippen molar-refractivity contribution in [2.75, 3.05) is 9.80 Å². The number of carbonyl (C=O) groups is 4. The molecular weight excluding hydrogens is 1050 g/mol. The van der Waals surface area contributed by atoms with Gasteiger partial charge in [0.1, 0.15) is 5.41 Å². The van der Waals surface area contributed by atoms with Gasteiger partial charge in [-0.2, -0.15) is 33.6 Å². The molecule has 19 heteroatoms. The highest BCUT2D eigenvalue weighted by atomic mass is 19.4. The number of anilines is 2. The van der Waals surface area contributed by atoms with Crippen LogP contribution in [0.25, 0.3) is 27.2 Å². The maximum atomic E-state index is 15.8. The van der Waals surface area contributed by atoms with E-state index < -0.39 is 57.5 Å². The number of aromatic nitrogens is 2. The van der Waals surface area contributed by atoms with Crippen molar-refractivity contribution in [2.24, 2.45) is 27.5 Å². The number of aryl methyl sites for hydroxylation is 8. The van der Waals surface area contributed by atoms with Crippen molar-refractivity contribution in [1.82, 2.24) is 9.13 Å². The van der Waals surface area contributed by atoms with Gasteiger partial charge in [0.05, 0.1) is 83.6 Å². The first-order valence-corrected chi connectivity index (χ1v) is 25.9. The first-order valence-electron chi connectivity index (χ1n) is 25.9. The number of hydrogen-bond donors (Lipinski definition) is 0. The zero-order chi connectivity index (χ0) is 59.1. The highest BCUT2D eigenvalue weighted by Crippen LogP contribution is 2.49. The molecule has 0 saturated carbocycles. The Labute approximate surface area is 464 Å². The lowest BCUT2D eigenvalue weighted by molar-refractivity contribution is -0.173. The van der Waals surface area contributed by atoms with Crippen LogP contribution in [0.5, 0.6) is 0 Å². The summed E-state index contributed by atoms with van der Waals surface area (Å²) in [6, 6.07) is 22.9. The van der Waals surface area contributed by atoms with Crippen LogP contribution in [0.15, 0.2) is 137 Å². The number of alkyl halides is 3. The molecule has 11 rings (SSSR count). The van der Waals surface area contributed by atoms with E-state index in [1.165, 1.54) is 31.3 Å². The fourth-order valence-corrected chi connectivity index (χ4v) is 11.6. The van der Waals surface area contributed by atoms with Crippen LogP contribution in [-0.4, -0.2) is 38.9 Å². The monoisotopic (exact) mass is 1100 g/mol. The summed E-state index contributed by atoms with van der Waals surface area (Å²) in [5, 5.41) is 17.7. The van der Waals surface area contributed by atoms with E-state index in [9.17, 15) is 38.4 Å². The lowest BCUT2D eigenvalue weighted by Gasteiger charge is -2.33. The second-order valence-electron chi connectivity index (χ2n) is 21.5. The molecule has 7 aromatic carbocycles. The molecule has 0 spiro atoms. The van der Waals surface area contributed by atoms with Crippen molar-refractivity contribution in [3.63, 3.8) is 0 Å². The van der Waals surface area contributed by atoms with Crippen LogP contribution in [0.1, 0.15) is 110 Å². The number of nitrogens with zero attached hydrogens (tertiary/aromatic N) is 8. The predicted octanol–water partition coefficient (Wildman–Crippen LogP) is 12.5. The Bertz CT molecular complexity index is 4560. The number of benzene rings is 7. The van der Waals surface area contributed by atoms with Gasteiger partial charge in [-0.1, -0.05) is 12.1 Å². The maximum absolute atomic E-state index is 15.8. The van der Waals surface area contributed by atoms with Crippen molar-refractivity contribution < 1.29 is 32.3 Å². The Balaban J connectivity index is 0.851. The van der Waals surface area contributed by atoms with Gasteiger partial charge in [0.25, 0.3) is 45.9 Å². The summed E-state index contributed by atoms with van der Waals surface area (Å²) in [7, 11) is 1.32. The smallest absolute Gasteiger partial charge is 0.277 e. The molecule has 0 N–H and O–H groups in total. The number of hydrogen-bond acceptors (Lipinski definition) is 12. The van der Waals surface area contributed by atoms with E-state index in [4.69, 9.17) is 0 Å². The summed E-state index contributed by atoms with van der Waals surface area (Å²) < 4.78 is 49.2. The number of amides is 4. The van der Waals surface area contributed by atoms with Crippen LogP contribution >= 0.6 is 0 Å². The molecule has 4 amide bonds. The van der Waals surface area contributed by atoms with E-state index >= 15 is 13.2 Å². The molecule has 0 bridgehead atoms. The molecule has 16 nitrogen and oxygen atoms in total. The number of carbonyl (C=O) groups excluding carboxylic acids is 4. The zero-order valence-electron chi connectivity index (χ0n) is 46.2. The van der Waals surface area contributed by atoms with Gasteiger partial charge in [-0.25, -0.2) is 14.4 Å². The first-order chi connectivity index (χ1) is 38.6. The highest BCUT2D eigenvalue weighted by Gasteiger charge is 2.55. The minimum Gasteiger partial charge on any atom is -0.277 e. The third-order valence-corrected chi connectivity index (χ3v) is 16.2. The molecule has 2 aliphatic rings. The van der Waals surface area contributed by atoms with Gasteiger partial charge in [-0.05, 0) is 215 Å². The van der Waals surface area contributed by atoms with Crippen LogP contribution in [0.3, 0.4) is 0 Å².